The lowest BCUT2D eigenvalue weighted by molar-refractivity contribution is -0.176. The standard InChI is InChI=1S/C47H63NO6S/c1-29(2)34-13-12-30(3)23-36(34)54-42(51)48(27-33-10-8-22-53-33)28-46(52)19-16-40-44(46,5)18-15-39-43(4)17-14-32(49)25-45(43)20-21-47(39,40)35(26-45)41(50)38-24-31-9-6-7-11-37(31)55-38/h6-7,9,11,20-21,24,26,29-30,32-34,36,39-40,49,52H,8,10,12-19,22-23,25,27-28H2,1-5H3. The molecule has 1 aliphatic heterocycles. The van der Waals surface area contributed by atoms with E-state index < -0.39 is 22.5 Å². The lowest BCUT2D eigenvalue weighted by atomic mass is 9.32. The zero-order valence-corrected chi connectivity index (χ0v) is 34.5. The summed E-state index contributed by atoms with van der Waals surface area (Å²) in [5.74, 6) is 1.59. The first-order chi connectivity index (χ1) is 26.2. The molecule has 4 saturated carbocycles. The van der Waals surface area contributed by atoms with E-state index in [0.29, 0.717) is 43.7 Å². The molecule has 7 nitrogen and oxygen atoms in total. The van der Waals surface area contributed by atoms with Crippen molar-refractivity contribution in [1.29, 1.82) is 0 Å². The van der Waals surface area contributed by atoms with Gasteiger partial charge in [-0.05, 0) is 123 Å². The molecule has 1 amide bonds. The number of amides is 1. The van der Waals surface area contributed by atoms with Crippen molar-refractivity contribution in [2.45, 2.75) is 136 Å². The molecule has 10 rings (SSSR count). The van der Waals surface area contributed by atoms with Crippen molar-refractivity contribution >= 4 is 33.3 Å². The molecule has 2 spiro atoms. The number of nitrogens with zero attached hydrogens (tertiary/aromatic N) is 1. The van der Waals surface area contributed by atoms with Gasteiger partial charge in [-0.2, -0.15) is 0 Å². The minimum atomic E-state index is -1.17. The Balaban J connectivity index is 1.08. The molecule has 2 heterocycles. The van der Waals surface area contributed by atoms with Gasteiger partial charge in [0.1, 0.15) is 6.10 Å². The molecule has 298 valence electrons. The van der Waals surface area contributed by atoms with Gasteiger partial charge in [-0.15, -0.1) is 11.3 Å². The third kappa shape index (κ3) is 5.72. The van der Waals surface area contributed by atoms with Crippen LogP contribution in [0.15, 0.2) is 54.1 Å². The molecule has 2 N–H and O–H groups in total. The molecule has 1 aromatic carbocycles. The second-order valence-corrected chi connectivity index (χ2v) is 21.1. The number of fused-ring (bicyclic) bond motifs is 2. The average molecular weight is 770 g/mol. The van der Waals surface area contributed by atoms with Crippen LogP contribution in [0.25, 0.3) is 10.1 Å². The fourth-order valence-corrected chi connectivity index (χ4v) is 14.8. The third-order valence-electron chi connectivity index (χ3n) is 17.0. The SMILES string of the molecule is CC1CCC(C(C)C)C(OC(=O)N(CC2CCCO2)CC2(O)CCC3C45C=CC6(C=C4C(=O)c4cc7ccccc7s4)CC(O)CCC6(C)C5CCC32C)C1. The molecule has 5 fully saturated rings. The summed E-state index contributed by atoms with van der Waals surface area (Å²) in [6, 6.07) is 10.3. The molecule has 2 aromatic rings. The maximum atomic E-state index is 15.2. The van der Waals surface area contributed by atoms with Crippen LogP contribution in [0.5, 0.6) is 0 Å². The van der Waals surface area contributed by atoms with E-state index in [-0.39, 0.29) is 53.3 Å². The van der Waals surface area contributed by atoms with Crippen LogP contribution >= 0.6 is 11.3 Å². The number of benzene rings is 1. The predicted octanol–water partition coefficient (Wildman–Crippen LogP) is 9.75. The lowest BCUT2D eigenvalue weighted by Crippen LogP contribution is -2.67. The number of rotatable bonds is 8. The molecule has 2 bridgehead atoms. The fraction of sp³-hybridized carbons (Fsp3) is 0.702. The summed E-state index contributed by atoms with van der Waals surface area (Å²) < 4.78 is 13.7. The molecular weight excluding hydrogens is 707 g/mol. The molecule has 7 aliphatic carbocycles. The lowest BCUT2D eigenvalue weighted by Gasteiger charge is -2.71. The Kier molecular flexibility index (Phi) is 9.35. The molecule has 1 aromatic heterocycles. The summed E-state index contributed by atoms with van der Waals surface area (Å²) in [6.45, 7) is 12.8. The number of carbonyl (C=O) groups excluding carboxylic acids is 2. The molecular formula is C47H63NO6S. The van der Waals surface area contributed by atoms with Gasteiger partial charge >= 0.3 is 6.09 Å². The molecule has 8 aliphatic rings. The number of ether oxygens (including phenoxy) is 2. The van der Waals surface area contributed by atoms with Gasteiger partial charge in [0, 0.05) is 33.1 Å². The summed E-state index contributed by atoms with van der Waals surface area (Å²) in [5.41, 5.74) is -1.88. The highest BCUT2D eigenvalue weighted by molar-refractivity contribution is 7.21. The van der Waals surface area contributed by atoms with Gasteiger partial charge in [0.15, 0.2) is 5.78 Å². The summed E-state index contributed by atoms with van der Waals surface area (Å²) in [5, 5.41) is 25.5. The number of ketones is 1. The average Bonchev–Trinajstić information content (AvgIpc) is 3.89. The number of hydrogen-bond donors (Lipinski definition) is 2. The Morgan fingerprint density at radius 3 is 2.53 bits per heavy atom. The van der Waals surface area contributed by atoms with Crippen molar-refractivity contribution < 1.29 is 29.3 Å². The van der Waals surface area contributed by atoms with Gasteiger partial charge in [-0.1, -0.05) is 77.5 Å². The molecule has 0 radical (unpaired) electrons. The van der Waals surface area contributed by atoms with Crippen molar-refractivity contribution in [3.05, 3.63) is 59.0 Å². The van der Waals surface area contributed by atoms with Gasteiger partial charge in [-0.3, -0.25) is 4.79 Å². The van der Waals surface area contributed by atoms with E-state index in [1.807, 2.05) is 17.0 Å². The number of thiophene rings is 1. The van der Waals surface area contributed by atoms with Gasteiger partial charge in [0.25, 0.3) is 0 Å². The quantitative estimate of drug-likeness (QED) is 0.205. The second-order valence-electron chi connectivity index (χ2n) is 20.1. The zero-order chi connectivity index (χ0) is 38.5. The van der Waals surface area contributed by atoms with E-state index in [4.69, 9.17) is 9.47 Å². The molecule has 8 heteroatoms. The van der Waals surface area contributed by atoms with Gasteiger partial charge in [0.2, 0.25) is 0 Å². The van der Waals surface area contributed by atoms with Crippen LogP contribution in [-0.4, -0.2) is 70.6 Å². The van der Waals surface area contributed by atoms with Crippen molar-refractivity contribution in [2.75, 3.05) is 19.7 Å². The molecule has 12 atom stereocenters. The smallest absolute Gasteiger partial charge is 0.410 e. The molecule has 12 unspecified atom stereocenters. The van der Waals surface area contributed by atoms with Crippen molar-refractivity contribution in [1.82, 2.24) is 4.90 Å². The first-order valence-electron chi connectivity index (χ1n) is 21.7. The van der Waals surface area contributed by atoms with Gasteiger partial charge < -0.3 is 24.6 Å². The zero-order valence-electron chi connectivity index (χ0n) is 33.7. The third-order valence-corrected chi connectivity index (χ3v) is 18.1. The van der Waals surface area contributed by atoms with Crippen LogP contribution in [0, 0.1) is 51.2 Å². The summed E-state index contributed by atoms with van der Waals surface area (Å²) in [6.07, 6.45) is 16.5. The minimum Gasteiger partial charge on any atom is -0.446 e. The Bertz CT molecular complexity index is 1860. The number of Topliss-reactive ketones (excluding diaryl/α,β-unsaturated/α-hetero) is 1. The van der Waals surface area contributed by atoms with Gasteiger partial charge in [-0.25, -0.2) is 4.79 Å². The number of carbonyl (C=O) groups is 2. The second kappa shape index (κ2) is 13.5. The first kappa shape index (κ1) is 38.0. The van der Waals surface area contributed by atoms with Crippen molar-refractivity contribution in [3.8, 4) is 0 Å². The van der Waals surface area contributed by atoms with Crippen LogP contribution in [0.4, 0.5) is 4.79 Å². The summed E-state index contributed by atoms with van der Waals surface area (Å²) >= 11 is 1.57. The fourth-order valence-electron chi connectivity index (χ4n) is 13.8. The number of hydrogen-bond acceptors (Lipinski definition) is 7. The van der Waals surface area contributed by atoms with E-state index in [1.165, 1.54) is 0 Å². The highest BCUT2D eigenvalue weighted by atomic mass is 32.1. The number of aliphatic hydroxyl groups excluding tert-OH is 1. The maximum Gasteiger partial charge on any atom is 0.410 e. The van der Waals surface area contributed by atoms with Crippen LogP contribution in [-0.2, 0) is 9.47 Å². The van der Waals surface area contributed by atoms with Crippen LogP contribution in [0.1, 0.15) is 121 Å². The van der Waals surface area contributed by atoms with E-state index in [1.54, 1.807) is 11.3 Å². The topological polar surface area (TPSA) is 96.3 Å². The Labute approximate surface area is 331 Å². The highest BCUT2D eigenvalue weighted by Crippen LogP contribution is 2.78. The first-order valence-corrected chi connectivity index (χ1v) is 22.5. The van der Waals surface area contributed by atoms with Crippen LogP contribution in [0.3, 0.4) is 0 Å². The summed E-state index contributed by atoms with van der Waals surface area (Å²) in [7, 11) is 0. The Morgan fingerprint density at radius 2 is 1.76 bits per heavy atom. The van der Waals surface area contributed by atoms with E-state index in [2.05, 4.69) is 71.0 Å². The van der Waals surface area contributed by atoms with Crippen molar-refractivity contribution in [3.63, 3.8) is 0 Å². The Hall–Kier alpha value is -2.52. The largest absolute Gasteiger partial charge is 0.446 e. The monoisotopic (exact) mass is 769 g/mol. The van der Waals surface area contributed by atoms with E-state index in [9.17, 15) is 15.0 Å². The van der Waals surface area contributed by atoms with E-state index in [0.717, 1.165) is 84.7 Å². The molecule has 1 saturated heterocycles. The molecule has 55 heavy (non-hydrogen) atoms. The predicted molar refractivity (Wildman–Crippen MR) is 217 cm³/mol. The van der Waals surface area contributed by atoms with E-state index >= 15 is 4.79 Å². The normalized spacial score (nSPS) is 43.2. The van der Waals surface area contributed by atoms with Crippen LogP contribution in [0.2, 0.25) is 0 Å². The highest BCUT2D eigenvalue weighted by Gasteiger charge is 2.74. The maximum absolute atomic E-state index is 15.2. The van der Waals surface area contributed by atoms with Gasteiger partial charge in [0.05, 0.1) is 35.8 Å². The van der Waals surface area contributed by atoms with Crippen LogP contribution < -0.4 is 0 Å². The number of allylic oxidation sites excluding steroid dienone is 4. The van der Waals surface area contributed by atoms with Crippen molar-refractivity contribution in [2.24, 2.45) is 51.2 Å². The number of aliphatic hydroxyl groups is 2. The Morgan fingerprint density at radius 1 is 1.00 bits per heavy atom. The minimum absolute atomic E-state index is 0.0108. The summed E-state index contributed by atoms with van der Waals surface area (Å²) in [4.78, 5) is 32.2.